The number of aromatic nitrogens is 2. The fraction of sp³-hybridized carbons (Fsp3) is 0.357. The summed E-state index contributed by atoms with van der Waals surface area (Å²) < 4.78 is 15.2. The molecule has 102 valence electrons. The third kappa shape index (κ3) is 3.26. The minimum Gasteiger partial charge on any atom is -0.276 e. The number of hydrogen-bond acceptors (Lipinski definition) is 1. The van der Waals surface area contributed by atoms with Crippen LogP contribution in [0, 0.1) is 5.82 Å². The summed E-state index contributed by atoms with van der Waals surface area (Å²) in [7, 11) is 1.90. The molecule has 0 saturated carbocycles. The van der Waals surface area contributed by atoms with E-state index in [1.54, 1.807) is 16.8 Å². The molecule has 0 bridgehead atoms. The first kappa shape index (κ1) is 14.7. The minimum absolute atomic E-state index is 0.198. The molecule has 0 aliphatic rings. The second kappa shape index (κ2) is 6.18. The molecule has 0 aliphatic carbocycles. The maximum absolute atomic E-state index is 13.5. The van der Waals surface area contributed by atoms with Crippen LogP contribution in [-0.4, -0.2) is 20.4 Å². The summed E-state index contributed by atoms with van der Waals surface area (Å²) in [6.07, 6.45) is 2.68. The highest BCUT2D eigenvalue weighted by Gasteiger charge is 2.31. The Labute approximate surface area is 129 Å². The van der Waals surface area contributed by atoms with E-state index in [9.17, 15) is 4.39 Å². The maximum Gasteiger partial charge on any atom is 0.123 e. The first-order chi connectivity index (χ1) is 9.09. The highest BCUT2D eigenvalue weighted by atomic mass is 79.9. The highest BCUT2D eigenvalue weighted by molar-refractivity contribution is 9.09. The molecule has 0 N–H and O–H groups in total. The Bertz CT molecular complexity index is 550. The molecule has 1 aromatic heterocycles. The Morgan fingerprint density at radius 3 is 2.53 bits per heavy atom. The first-order valence-corrected chi connectivity index (χ1v) is 8.20. The minimum atomic E-state index is -0.204. The van der Waals surface area contributed by atoms with Gasteiger partial charge in [-0.2, -0.15) is 5.10 Å². The Kier molecular flexibility index (Phi) is 4.79. The van der Waals surface area contributed by atoms with Crippen molar-refractivity contribution < 1.29 is 4.39 Å². The molecule has 1 aromatic carbocycles. The van der Waals surface area contributed by atoms with E-state index in [4.69, 9.17) is 0 Å². The monoisotopic (exact) mass is 388 g/mol. The predicted molar refractivity (Wildman–Crippen MR) is 82.6 cm³/mol. The third-order valence-corrected chi connectivity index (χ3v) is 5.38. The Hall–Kier alpha value is -0.680. The van der Waals surface area contributed by atoms with Crippen LogP contribution in [0.2, 0.25) is 0 Å². The molecule has 0 aliphatic heterocycles. The zero-order chi connectivity index (χ0) is 13.9. The van der Waals surface area contributed by atoms with Crippen LogP contribution in [0.15, 0.2) is 36.5 Å². The second-order valence-corrected chi connectivity index (χ2v) is 5.84. The summed E-state index contributed by atoms with van der Waals surface area (Å²) in [5, 5.41) is 5.90. The number of rotatable bonds is 5. The van der Waals surface area contributed by atoms with Gasteiger partial charge in [0, 0.05) is 35.7 Å². The predicted octanol–water partition coefficient (Wildman–Crippen LogP) is 3.83. The van der Waals surface area contributed by atoms with Gasteiger partial charge in [-0.05, 0) is 23.8 Å². The molecule has 0 atom stereocenters. The largest absolute Gasteiger partial charge is 0.276 e. The van der Waals surface area contributed by atoms with E-state index in [1.165, 1.54) is 6.07 Å². The average molecular weight is 390 g/mol. The molecule has 1 heterocycles. The van der Waals surface area contributed by atoms with Crippen LogP contribution in [0.25, 0.3) is 0 Å². The van der Waals surface area contributed by atoms with Crippen molar-refractivity contribution in [3.63, 3.8) is 0 Å². The third-order valence-electron chi connectivity index (χ3n) is 3.24. The van der Waals surface area contributed by atoms with E-state index < -0.39 is 0 Å². The molecule has 2 rings (SSSR count). The SMILES string of the molecule is Cn1ccc(CC(CBr)(CBr)c2cccc(F)c2)n1. The molecule has 0 radical (unpaired) electrons. The molecular formula is C14H15Br2FN2. The van der Waals surface area contributed by atoms with Crippen LogP contribution in [-0.2, 0) is 18.9 Å². The van der Waals surface area contributed by atoms with Gasteiger partial charge in [0.2, 0.25) is 0 Å². The van der Waals surface area contributed by atoms with Crippen LogP contribution in [0.5, 0.6) is 0 Å². The van der Waals surface area contributed by atoms with Gasteiger partial charge in [0.15, 0.2) is 0 Å². The van der Waals surface area contributed by atoms with Gasteiger partial charge >= 0.3 is 0 Å². The molecule has 2 aromatic rings. The van der Waals surface area contributed by atoms with Gasteiger partial charge in [0.25, 0.3) is 0 Å². The van der Waals surface area contributed by atoms with Gasteiger partial charge < -0.3 is 0 Å². The molecule has 0 fully saturated rings. The summed E-state index contributed by atoms with van der Waals surface area (Å²) >= 11 is 7.14. The van der Waals surface area contributed by atoms with Crippen molar-refractivity contribution in [2.45, 2.75) is 11.8 Å². The summed E-state index contributed by atoms with van der Waals surface area (Å²) in [5.74, 6) is -0.204. The van der Waals surface area contributed by atoms with Crippen LogP contribution >= 0.6 is 31.9 Å². The summed E-state index contributed by atoms with van der Waals surface area (Å²) in [6.45, 7) is 0. The standard InChI is InChI=1S/C14H15Br2FN2/c1-19-6-5-13(18-19)8-14(9-15,10-16)11-3-2-4-12(17)7-11/h2-7H,8-10H2,1H3. The molecule has 5 heteroatoms. The van der Waals surface area contributed by atoms with Crippen molar-refractivity contribution in [1.82, 2.24) is 9.78 Å². The van der Waals surface area contributed by atoms with Gasteiger partial charge in [-0.15, -0.1) is 0 Å². The Morgan fingerprint density at radius 2 is 2.00 bits per heavy atom. The molecule has 0 amide bonds. The first-order valence-electron chi connectivity index (χ1n) is 5.96. The molecule has 19 heavy (non-hydrogen) atoms. The molecule has 2 nitrogen and oxygen atoms in total. The number of benzene rings is 1. The van der Waals surface area contributed by atoms with E-state index >= 15 is 0 Å². The molecular weight excluding hydrogens is 375 g/mol. The normalized spacial score (nSPS) is 11.8. The highest BCUT2D eigenvalue weighted by Crippen LogP contribution is 2.32. The quantitative estimate of drug-likeness (QED) is 0.710. The number of alkyl halides is 2. The zero-order valence-electron chi connectivity index (χ0n) is 10.6. The van der Waals surface area contributed by atoms with Gasteiger partial charge in [0.1, 0.15) is 5.82 Å². The topological polar surface area (TPSA) is 17.8 Å². The maximum atomic E-state index is 13.5. The lowest BCUT2D eigenvalue weighted by atomic mass is 9.80. The van der Waals surface area contributed by atoms with E-state index in [2.05, 4.69) is 37.0 Å². The lowest BCUT2D eigenvalue weighted by molar-refractivity contribution is 0.529. The van der Waals surface area contributed by atoms with Gasteiger partial charge in [-0.3, -0.25) is 4.68 Å². The van der Waals surface area contributed by atoms with Crippen molar-refractivity contribution >= 4 is 31.9 Å². The van der Waals surface area contributed by atoms with Crippen molar-refractivity contribution in [2.75, 3.05) is 10.7 Å². The van der Waals surface area contributed by atoms with Crippen molar-refractivity contribution in [1.29, 1.82) is 0 Å². The van der Waals surface area contributed by atoms with Crippen molar-refractivity contribution in [3.8, 4) is 0 Å². The Balaban J connectivity index is 2.37. The lowest BCUT2D eigenvalue weighted by Crippen LogP contribution is -2.33. The van der Waals surface area contributed by atoms with Gasteiger partial charge in [-0.1, -0.05) is 44.0 Å². The number of hydrogen-bond donors (Lipinski definition) is 0. The van der Waals surface area contributed by atoms with Crippen LogP contribution in [0.1, 0.15) is 11.3 Å². The van der Waals surface area contributed by atoms with Crippen LogP contribution in [0.4, 0.5) is 4.39 Å². The van der Waals surface area contributed by atoms with Crippen molar-refractivity contribution in [2.24, 2.45) is 7.05 Å². The van der Waals surface area contributed by atoms with Crippen LogP contribution < -0.4 is 0 Å². The number of aryl methyl sites for hydroxylation is 1. The van der Waals surface area contributed by atoms with Crippen LogP contribution in [0.3, 0.4) is 0 Å². The lowest BCUT2D eigenvalue weighted by Gasteiger charge is -2.30. The molecule has 0 saturated heterocycles. The number of nitrogens with zero attached hydrogens (tertiary/aromatic N) is 2. The van der Waals surface area contributed by atoms with E-state index in [0.29, 0.717) is 0 Å². The second-order valence-electron chi connectivity index (χ2n) is 4.72. The zero-order valence-corrected chi connectivity index (χ0v) is 13.8. The Morgan fingerprint density at radius 1 is 1.26 bits per heavy atom. The van der Waals surface area contributed by atoms with E-state index in [1.807, 2.05) is 25.4 Å². The summed E-state index contributed by atoms with van der Waals surface area (Å²) in [5.41, 5.74) is 1.79. The smallest absolute Gasteiger partial charge is 0.123 e. The van der Waals surface area contributed by atoms with Gasteiger partial charge in [-0.25, -0.2) is 4.39 Å². The summed E-state index contributed by atoms with van der Waals surface area (Å²) in [6, 6.07) is 8.79. The summed E-state index contributed by atoms with van der Waals surface area (Å²) in [4.78, 5) is 0. The van der Waals surface area contributed by atoms with Gasteiger partial charge in [0.05, 0.1) is 5.69 Å². The molecule has 0 spiro atoms. The number of halogens is 3. The fourth-order valence-electron chi connectivity index (χ4n) is 2.11. The molecule has 0 unspecified atom stereocenters. The fourth-order valence-corrected chi connectivity index (χ4v) is 4.08. The average Bonchev–Trinajstić information content (AvgIpc) is 2.81. The van der Waals surface area contributed by atoms with E-state index in [0.717, 1.165) is 28.3 Å². The van der Waals surface area contributed by atoms with Crippen molar-refractivity contribution in [3.05, 3.63) is 53.6 Å². The van der Waals surface area contributed by atoms with E-state index in [-0.39, 0.29) is 11.2 Å².